The maximum absolute atomic E-state index is 11.8. The molecule has 0 bridgehead atoms. The number of anilines is 2. The number of carbonyl (C=O) groups is 1. The second-order valence-electron chi connectivity index (χ2n) is 4.34. The SMILES string of the molecule is Cc1cccc(Cl)c1NC(=O)COc1cccc(N)c1. The van der Waals surface area contributed by atoms with E-state index in [1.807, 2.05) is 19.1 Å². The van der Waals surface area contributed by atoms with Gasteiger partial charge in [-0.15, -0.1) is 0 Å². The van der Waals surface area contributed by atoms with E-state index in [4.69, 9.17) is 22.1 Å². The van der Waals surface area contributed by atoms with E-state index in [9.17, 15) is 4.79 Å². The second-order valence-corrected chi connectivity index (χ2v) is 4.75. The summed E-state index contributed by atoms with van der Waals surface area (Å²) in [5.41, 5.74) is 7.72. The quantitative estimate of drug-likeness (QED) is 0.850. The molecule has 0 fully saturated rings. The van der Waals surface area contributed by atoms with Crippen LogP contribution in [0.3, 0.4) is 0 Å². The Labute approximate surface area is 122 Å². The third-order valence-electron chi connectivity index (χ3n) is 2.71. The Morgan fingerprint density at radius 1 is 1.30 bits per heavy atom. The first-order chi connectivity index (χ1) is 9.56. The molecule has 0 saturated carbocycles. The molecule has 0 atom stereocenters. The lowest BCUT2D eigenvalue weighted by Gasteiger charge is -2.11. The van der Waals surface area contributed by atoms with Crippen LogP contribution in [0.5, 0.6) is 5.75 Å². The van der Waals surface area contributed by atoms with Crippen LogP contribution in [-0.4, -0.2) is 12.5 Å². The second kappa shape index (κ2) is 6.30. The van der Waals surface area contributed by atoms with E-state index in [0.29, 0.717) is 22.1 Å². The summed E-state index contributed by atoms with van der Waals surface area (Å²) in [6, 6.07) is 12.3. The fourth-order valence-corrected chi connectivity index (χ4v) is 1.99. The van der Waals surface area contributed by atoms with E-state index < -0.39 is 0 Å². The topological polar surface area (TPSA) is 64.3 Å². The van der Waals surface area contributed by atoms with Gasteiger partial charge in [0.2, 0.25) is 0 Å². The van der Waals surface area contributed by atoms with Gasteiger partial charge in [-0.1, -0.05) is 29.8 Å². The number of amides is 1. The predicted octanol–water partition coefficient (Wildman–Crippen LogP) is 3.25. The van der Waals surface area contributed by atoms with E-state index in [2.05, 4.69) is 5.32 Å². The van der Waals surface area contributed by atoms with Crippen molar-refractivity contribution in [3.63, 3.8) is 0 Å². The average molecular weight is 291 g/mol. The number of halogens is 1. The number of nitrogens with two attached hydrogens (primary N) is 1. The van der Waals surface area contributed by atoms with Crippen molar-refractivity contribution in [1.82, 2.24) is 0 Å². The van der Waals surface area contributed by atoms with E-state index >= 15 is 0 Å². The minimum Gasteiger partial charge on any atom is -0.484 e. The number of nitrogen functional groups attached to an aromatic ring is 1. The number of para-hydroxylation sites is 1. The van der Waals surface area contributed by atoms with Gasteiger partial charge in [0.15, 0.2) is 6.61 Å². The van der Waals surface area contributed by atoms with Gasteiger partial charge in [-0.2, -0.15) is 0 Å². The van der Waals surface area contributed by atoms with Gasteiger partial charge >= 0.3 is 0 Å². The Balaban J connectivity index is 1.96. The molecular weight excluding hydrogens is 276 g/mol. The Morgan fingerprint density at radius 3 is 2.75 bits per heavy atom. The highest BCUT2D eigenvalue weighted by Gasteiger charge is 2.09. The van der Waals surface area contributed by atoms with Crippen LogP contribution >= 0.6 is 11.6 Å². The fourth-order valence-electron chi connectivity index (χ4n) is 1.72. The van der Waals surface area contributed by atoms with Gasteiger partial charge in [0.25, 0.3) is 5.91 Å². The number of hydrogen-bond acceptors (Lipinski definition) is 3. The van der Waals surface area contributed by atoms with Crippen molar-refractivity contribution in [3.8, 4) is 5.75 Å². The molecule has 0 heterocycles. The maximum atomic E-state index is 11.8. The van der Waals surface area contributed by atoms with Crippen molar-refractivity contribution in [2.24, 2.45) is 0 Å². The van der Waals surface area contributed by atoms with Gasteiger partial charge in [0, 0.05) is 11.8 Å². The monoisotopic (exact) mass is 290 g/mol. The number of ether oxygens (including phenoxy) is 1. The van der Waals surface area contributed by atoms with Crippen LogP contribution in [0.2, 0.25) is 5.02 Å². The molecular formula is C15H15ClN2O2. The number of hydrogen-bond donors (Lipinski definition) is 2. The van der Waals surface area contributed by atoms with Crippen LogP contribution in [0.4, 0.5) is 11.4 Å². The Hall–Kier alpha value is -2.20. The van der Waals surface area contributed by atoms with Gasteiger partial charge in [-0.05, 0) is 30.7 Å². The van der Waals surface area contributed by atoms with Crippen LogP contribution in [0.25, 0.3) is 0 Å². The van der Waals surface area contributed by atoms with Crippen molar-refractivity contribution in [2.75, 3.05) is 17.7 Å². The number of nitrogens with one attached hydrogen (secondary N) is 1. The lowest BCUT2D eigenvalue weighted by molar-refractivity contribution is -0.118. The summed E-state index contributed by atoms with van der Waals surface area (Å²) in [5.74, 6) is 0.277. The molecule has 20 heavy (non-hydrogen) atoms. The summed E-state index contributed by atoms with van der Waals surface area (Å²) in [6.07, 6.45) is 0. The first-order valence-corrected chi connectivity index (χ1v) is 6.47. The molecule has 5 heteroatoms. The van der Waals surface area contributed by atoms with Gasteiger partial charge in [-0.25, -0.2) is 0 Å². The zero-order valence-corrected chi connectivity index (χ0v) is 11.8. The highest BCUT2D eigenvalue weighted by molar-refractivity contribution is 6.33. The number of carbonyl (C=O) groups excluding carboxylic acids is 1. The Kier molecular flexibility index (Phi) is 4.48. The third-order valence-corrected chi connectivity index (χ3v) is 3.03. The summed E-state index contributed by atoms with van der Waals surface area (Å²) in [7, 11) is 0. The van der Waals surface area contributed by atoms with E-state index in [0.717, 1.165) is 5.56 Å². The molecule has 0 saturated heterocycles. The molecule has 0 aliphatic heterocycles. The van der Waals surface area contributed by atoms with Gasteiger partial charge < -0.3 is 15.8 Å². The van der Waals surface area contributed by atoms with Crippen molar-refractivity contribution in [1.29, 1.82) is 0 Å². The molecule has 1 amide bonds. The van der Waals surface area contributed by atoms with Crippen LogP contribution in [0.1, 0.15) is 5.56 Å². The average Bonchev–Trinajstić information content (AvgIpc) is 2.41. The lowest BCUT2D eigenvalue weighted by Crippen LogP contribution is -2.20. The Bertz CT molecular complexity index is 609. The molecule has 0 spiro atoms. The predicted molar refractivity (Wildman–Crippen MR) is 81.2 cm³/mol. The number of aryl methyl sites for hydroxylation is 1. The zero-order chi connectivity index (χ0) is 14.5. The van der Waals surface area contributed by atoms with Crippen molar-refractivity contribution in [2.45, 2.75) is 6.92 Å². The summed E-state index contributed by atoms with van der Waals surface area (Å²) >= 11 is 6.04. The van der Waals surface area contributed by atoms with Crippen LogP contribution in [0, 0.1) is 6.92 Å². The molecule has 2 rings (SSSR count). The van der Waals surface area contributed by atoms with E-state index in [1.54, 1.807) is 30.3 Å². The van der Waals surface area contributed by atoms with Crippen molar-refractivity contribution in [3.05, 3.63) is 53.1 Å². The molecule has 4 nitrogen and oxygen atoms in total. The Morgan fingerprint density at radius 2 is 2.05 bits per heavy atom. The minimum atomic E-state index is -0.274. The van der Waals surface area contributed by atoms with Crippen LogP contribution < -0.4 is 15.8 Å². The summed E-state index contributed by atoms with van der Waals surface area (Å²) in [4.78, 5) is 11.8. The summed E-state index contributed by atoms with van der Waals surface area (Å²) in [5, 5.41) is 3.24. The fraction of sp³-hybridized carbons (Fsp3) is 0.133. The molecule has 0 aromatic heterocycles. The van der Waals surface area contributed by atoms with E-state index in [1.165, 1.54) is 0 Å². The van der Waals surface area contributed by atoms with Gasteiger partial charge in [0.1, 0.15) is 5.75 Å². The summed E-state index contributed by atoms with van der Waals surface area (Å²) < 4.78 is 5.37. The third kappa shape index (κ3) is 3.65. The minimum absolute atomic E-state index is 0.103. The number of benzene rings is 2. The lowest BCUT2D eigenvalue weighted by atomic mass is 10.2. The highest BCUT2D eigenvalue weighted by atomic mass is 35.5. The summed E-state index contributed by atoms with van der Waals surface area (Å²) in [6.45, 7) is 1.77. The first kappa shape index (κ1) is 14.2. The van der Waals surface area contributed by atoms with Gasteiger partial charge in [-0.3, -0.25) is 4.79 Å². The molecule has 0 radical (unpaired) electrons. The highest BCUT2D eigenvalue weighted by Crippen LogP contribution is 2.25. The normalized spacial score (nSPS) is 10.1. The first-order valence-electron chi connectivity index (χ1n) is 6.09. The zero-order valence-electron chi connectivity index (χ0n) is 11.0. The largest absolute Gasteiger partial charge is 0.484 e. The number of rotatable bonds is 4. The van der Waals surface area contributed by atoms with Crippen molar-refractivity contribution < 1.29 is 9.53 Å². The standard InChI is InChI=1S/C15H15ClN2O2/c1-10-4-2-7-13(16)15(10)18-14(19)9-20-12-6-3-5-11(17)8-12/h2-8H,9,17H2,1H3,(H,18,19). The van der Waals surface area contributed by atoms with Crippen molar-refractivity contribution >= 4 is 28.9 Å². The molecule has 2 aromatic rings. The molecule has 0 unspecified atom stereocenters. The van der Waals surface area contributed by atoms with E-state index in [-0.39, 0.29) is 12.5 Å². The maximum Gasteiger partial charge on any atom is 0.262 e. The van der Waals surface area contributed by atoms with Crippen LogP contribution in [-0.2, 0) is 4.79 Å². The molecule has 0 aliphatic carbocycles. The molecule has 104 valence electrons. The van der Waals surface area contributed by atoms with Gasteiger partial charge in [0.05, 0.1) is 10.7 Å². The smallest absolute Gasteiger partial charge is 0.262 e. The van der Waals surface area contributed by atoms with Crippen LogP contribution in [0.15, 0.2) is 42.5 Å². The molecule has 0 aliphatic rings. The molecule has 3 N–H and O–H groups in total. The molecule has 2 aromatic carbocycles.